The average Bonchev–Trinajstić information content (AvgIpc) is 3.38. The first-order chi connectivity index (χ1) is 15.5. The van der Waals surface area contributed by atoms with Crippen molar-refractivity contribution in [3.63, 3.8) is 0 Å². The van der Waals surface area contributed by atoms with Crippen LogP contribution in [-0.2, 0) is 16.0 Å². The molecule has 0 bridgehead atoms. The Morgan fingerprint density at radius 1 is 1.21 bits per heavy atom. The van der Waals surface area contributed by atoms with Gasteiger partial charge in [0, 0.05) is 17.3 Å². The minimum absolute atomic E-state index is 0.00461. The summed E-state index contributed by atoms with van der Waals surface area (Å²) in [6.45, 7) is 0.770. The molecule has 0 saturated carbocycles. The number of aromatic amines is 1. The van der Waals surface area contributed by atoms with Crippen molar-refractivity contribution >= 4 is 39.0 Å². The third kappa shape index (κ3) is 5.23. The molecule has 0 spiro atoms. The highest BCUT2D eigenvalue weighted by Crippen LogP contribution is 2.43. The van der Waals surface area contributed by atoms with Crippen LogP contribution in [0.15, 0.2) is 41.3 Å². The van der Waals surface area contributed by atoms with Crippen LogP contribution in [-0.4, -0.2) is 41.9 Å². The summed E-state index contributed by atoms with van der Waals surface area (Å²) < 4.78 is 67.0. The second-order valence-corrected chi connectivity index (χ2v) is 10.1. The van der Waals surface area contributed by atoms with Gasteiger partial charge in [0.2, 0.25) is 11.9 Å². The molecule has 1 aromatic heterocycles. The Bertz CT molecular complexity index is 1260. The number of H-pyrrole nitrogens is 1. The van der Waals surface area contributed by atoms with E-state index in [2.05, 4.69) is 25.8 Å². The zero-order chi connectivity index (χ0) is 23.8. The zero-order valence-electron chi connectivity index (χ0n) is 17.1. The Hall–Kier alpha value is -2.83. The number of sulfone groups is 1. The quantitative estimate of drug-likeness (QED) is 0.403. The Balaban J connectivity index is 1.67. The molecule has 1 aliphatic rings. The van der Waals surface area contributed by atoms with E-state index in [0.29, 0.717) is 0 Å². The predicted molar refractivity (Wildman–Crippen MR) is 119 cm³/mol. The highest BCUT2D eigenvalue weighted by Gasteiger charge is 2.35. The number of nitrogens with zero attached hydrogens (tertiary/aromatic N) is 2. The average molecular weight is 501 g/mol. The molecular weight excluding hydrogens is 481 g/mol. The number of anilines is 3. The highest BCUT2D eigenvalue weighted by atomic mass is 35.5. The van der Waals surface area contributed by atoms with E-state index >= 15 is 0 Å². The van der Waals surface area contributed by atoms with Gasteiger partial charge in [-0.3, -0.25) is 0 Å². The van der Waals surface area contributed by atoms with Crippen LogP contribution in [0.4, 0.5) is 30.8 Å². The maximum atomic E-state index is 13.9. The largest absolute Gasteiger partial charge is 0.417 e. The van der Waals surface area contributed by atoms with Crippen LogP contribution < -0.4 is 16.4 Å². The number of nitrogen functional groups attached to an aromatic ring is 1. The molecule has 0 aliphatic carbocycles. The number of rotatable bonds is 6. The van der Waals surface area contributed by atoms with Crippen LogP contribution in [0.2, 0.25) is 5.02 Å². The molecule has 13 heteroatoms. The number of nitrogens with one attached hydrogen (secondary N) is 3. The predicted octanol–water partition coefficient (Wildman–Crippen LogP) is 4.00. The normalized spacial score (nSPS) is 16.8. The van der Waals surface area contributed by atoms with Crippen LogP contribution >= 0.6 is 11.6 Å². The molecule has 1 saturated heterocycles. The molecule has 8 nitrogen and oxygen atoms in total. The van der Waals surface area contributed by atoms with Gasteiger partial charge in [-0.1, -0.05) is 23.7 Å². The van der Waals surface area contributed by atoms with Gasteiger partial charge in [-0.2, -0.15) is 18.2 Å². The first-order valence-electron chi connectivity index (χ1n) is 9.95. The van der Waals surface area contributed by atoms with Gasteiger partial charge in [0.15, 0.2) is 9.84 Å². The van der Waals surface area contributed by atoms with E-state index in [4.69, 9.17) is 17.3 Å². The number of benzene rings is 2. The lowest BCUT2D eigenvalue weighted by atomic mass is 9.98. The van der Waals surface area contributed by atoms with Gasteiger partial charge in [0.25, 0.3) is 0 Å². The van der Waals surface area contributed by atoms with Crippen molar-refractivity contribution < 1.29 is 21.6 Å². The Kier molecular flexibility index (Phi) is 6.25. The fraction of sp³-hybridized carbons (Fsp3) is 0.300. The molecule has 2 aromatic carbocycles. The molecule has 33 heavy (non-hydrogen) atoms. The van der Waals surface area contributed by atoms with Crippen molar-refractivity contribution in [2.45, 2.75) is 30.0 Å². The van der Waals surface area contributed by atoms with Gasteiger partial charge in [-0.05, 0) is 49.2 Å². The number of hydrogen-bond donors (Lipinski definition) is 4. The maximum Gasteiger partial charge on any atom is 0.417 e. The van der Waals surface area contributed by atoms with E-state index in [-0.39, 0.29) is 50.4 Å². The molecule has 3 aromatic rings. The van der Waals surface area contributed by atoms with Crippen LogP contribution in [0.1, 0.15) is 18.4 Å². The third-order valence-corrected chi connectivity index (χ3v) is 7.37. The standard InChI is InChI=1S/C20H20ClF3N6O2S/c21-16-9-13(27-19-28-18(25)29-30-19)8-15(20(22,23)24)17(16)11-3-5-14(6-4-11)33(31,32)10-12-2-1-7-26-12/h3-6,8-9,12,26H,1-2,7,10H2,(H4,25,27,28,29,30)/t12-/m0/s1. The first kappa shape index (κ1) is 23.3. The van der Waals surface area contributed by atoms with Crippen molar-refractivity contribution in [1.29, 1.82) is 0 Å². The summed E-state index contributed by atoms with van der Waals surface area (Å²) in [6, 6.07) is 7.32. The fourth-order valence-electron chi connectivity index (χ4n) is 3.74. The molecule has 0 amide bonds. The highest BCUT2D eigenvalue weighted by molar-refractivity contribution is 7.91. The molecule has 4 rings (SSSR count). The van der Waals surface area contributed by atoms with Crippen molar-refractivity contribution in [3.05, 3.63) is 47.0 Å². The molecule has 176 valence electrons. The van der Waals surface area contributed by atoms with Gasteiger partial charge >= 0.3 is 6.18 Å². The Morgan fingerprint density at radius 2 is 1.94 bits per heavy atom. The summed E-state index contributed by atoms with van der Waals surface area (Å²) in [5.74, 6) is -0.0849. The van der Waals surface area contributed by atoms with E-state index in [1.165, 1.54) is 30.3 Å². The zero-order valence-corrected chi connectivity index (χ0v) is 18.7. The van der Waals surface area contributed by atoms with E-state index in [1.54, 1.807) is 0 Å². The Labute approximate surface area is 192 Å². The maximum absolute atomic E-state index is 13.9. The summed E-state index contributed by atoms with van der Waals surface area (Å²) >= 11 is 6.25. The summed E-state index contributed by atoms with van der Waals surface area (Å²) in [5, 5.41) is 11.7. The molecule has 1 aliphatic heterocycles. The SMILES string of the molecule is Nc1nc(Nc2cc(Cl)c(-c3ccc(S(=O)(=O)C[C@@H]4CCCN4)cc3)c(C(F)(F)F)c2)n[nH]1. The van der Waals surface area contributed by atoms with Gasteiger partial charge in [0.1, 0.15) is 0 Å². The van der Waals surface area contributed by atoms with Crippen LogP contribution in [0.3, 0.4) is 0 Å². The number of hydrogen-bond acceptors (Lipinski definition) is 7. The minimum Gasteiger partial charge on any atom is -0.368 e. The lowest BCUT2D eigenvalue weighted by Crippen LogP contribution is -2.29. The number of nitrogens with two attached hydrogens (primary N) is 1. The number of alkyl halides is 3. The topological polar surface area (TPSA) is 126 Å². The lowest BCUT2D eigenvalue weighted by Gasteiger charge is -2.17. The van der Waals surface area contributed by atoms with Gasteiger partial charge in [-0.25, -0.2) is 13.5 Å². The van der Waals surface area contributed by atoms with Crippen molar-refractivity contribution in [2.75, 3.05) is 23.3 Å². The molecule has 2 heterocycles. The lowest BCUT2D eigenvalue weighted by molar-refractivity contribution is -0.137. The minimum atomic E-state index is -4.73. The van der Waals surface area contributed by atoms with E-state index in [0.717, 1.165) is 25.5 Å². The van der Waals surface area contributed by atoms with E-state index in [1.807, 2.05) is 0 Å². The summed E-state index contributed by atoms with van der Waals surface area (Å²) in [4.78, 5) is 3.84. The molecule has 1 atom stereocenters. The second kappa shape index (κ2) is 8.84. The van der Waals surface area contributed by atoms with E-state index < -0.39 is 21.6 Å². The van der Waals surface area contributed by atoms with Gasteiger partial charge in [-0.15, -0.1) is 5.10 Å². The van der Waals surface area contributed by atoms with Crippen LogP contribution in [0, 0.1) is 0 Å². The Morgan fingerprint density at radius 3 is 2.52 bits per heavy atom. The first-order valence-corrected chi connectivity index (χ1v) is 12.0. The summed E-state index contributed by atoms with van der Waals surface area (Å²) in [5.41, 5.74) is 4.33. The summed E-state index contributed by atoms with van der Waals surface area (Å²) in [6.07, 6.45) is -3.05. The van der Waals surface area contributed by atoms with Crippen molar-refractivity contribution in [1.82, 2.24) is 20.5 Å². The fourth-order valence-corrected chi connectivity index (χ4v) is 5.63. The monoisotopic (exact) mass is 500 g/mol. The van der Waals surface area contributed by atoms with Crippen LogP contribution in [0.5, 0.6) is 0 Å². The third-order valence-electron chi connectivity index (χ3n) is 5.24. The number of aromatic nitrogens is 3. The second-order valence-electron chi connectivity index (χ2n) is 7.65. The smallest absolute Gasteiger partial charge is 0.368 e. The van der Waals surface area contributed by atoms with Crippen LogP contribution in [0.25, 0.3) is 11.1 Å². The molecular formula is C20H20ClF3N6O2S. The summed E-state index contributed by atoms with van der Waals surface area (Å²) in [7, 11) is -3.59. The van der Waals surface area contributed by atoms with Gasteiger partial charge < -0.3 is 16.4 Å². The van der Waals surface area contributed by atoms with E-state index in [9.17, 15) is 21.6 Å². The van der Waals surface area contributed by atoms with Crippen molar-refractivity contribution in [2.24, 2.45) is 0 Å². The van der Waals surface area contributed by atoms with Gasteiger partial charge in [0.05, 0.1) is 21.2 Å². The molecule has 0 unspecified atom stereocenters. The molecule has 0 radical (unpaired) electrons. The molecule has 1 fully saturated rings. The number of halogens is 4. The van der Waals surface area contributed by atoms with Crippen molar-refractivity contribution in [3.8, 4) is 11.1 Å². The molecule has 5 N–H and O–H groups in total.